The van der Waals surface area contributed by atoms with E-state index in [0.717, 1.165) is 19.6 Å². The highest BCUT2D eigenvalue weighted by Crippen LogP contribution is 2.37. The van der Waals surface area contributed by atoms with Gasteiger partial charge in [0, 0.05) is 6.61 Å². The quantitative estimate of drug-likeness (QED) is 0.839. The van der Waals surface area contributed by atoms with E-state index >= 15 is 0 Å². The number of hydrogen-bond acceptors (Lipinski definition) is 2. The van der Waals surface area contributed by atoms with Crippen LogP contribution in [-0.2, 0) is 11.2 Å². The molecule has 0 spiro atoms. The summed E-state index contributed by atoms with van der Waals surface area (Å²) in [4.78, 5) is 0. The minimum Gasteiger partial charge on any atom is -0.373 e. The number of ether oxygens (including phenoxy) is 1. The third kappa shape index (κ3) is 3.37. The molecule has 19 heavy (non-hydrogen) atoms. The molecule has 1 N–H and O–H groups in total. The molecule has 2 unspecified atom stereocenters. The number of benzene rings is 1. The average Bonchev–Trinajstić information content (AvgIpc) is 2.85. The second-order valence-corrected chi connectivity index (χ2v) is 5.75. The van der Waals surface area contributed by atoms with Gasteiger partial charge in [0.25, 0.3) is 0 Å². The first-order valence-electron chi connectivity index (χ1n) is 7.66. The highest BCUT2D eigenvalue weighted by molar-refractivity contribution is 5.27. The molecule has 2 atom stereocenters. The third-order valence-electron chi connectivity index (χ3n) is 4.12. The molecule has 0 saturated carbocycles. The van der Waals surface area contributed by atoms with Crippen molar-refractivity contribution in [3.63, 3.8) is 0 Å². The van der Waals surface area contributed by atoms with E-state index in [0.29, 0.717) is 6.04 Å². The predicted molar refractivity (Wildman–Crippen MR) is 80.4 cm³/mol. The van der Waals surface area contributed by atoms with Gasteiger partial charge >= 0.3 is 0 Å². The first-order chi connectivity index (χ1) is 9.19. The largest absolute Gasteiger partial charge is 0.373 e. The first kappa shape index (κ1) is 14.5. The highest BCUT2D eigenvalue weighted by atomic mass is 16.5. The molecule has 0 amide bonds. The zero-order valence-corrected chi connectivity index (χ0v) is 12.5. The molecular formula is C17H27NO. The van der Waals surface area contributed by atoms with Gasteiger partial charge in [-0.3, -0.25) is 0 Å². The maximum atomic E-state index is 6.02. The lowest BCUT2D eigenvalue weighted by Gasteiger charge is -2.34. The summed E-state index contributed by atoms with van der Waals surface area (Å²) in [7, 11) is 0. The van der Waals surface area contributed by atoms with Gasteiger partial charge < -0.3 is 10.1 Å². The lowest BCUT2D eigenvalue weighted by atomic mass is 9.87. The van der Waals surface area contributed by atoms with Crippen molar-refractivity contribution in [3.05, 3.63) is 35.4 Å². The van der Waals surface area contributed by atoms with E-state index in [4.69, 9.17) is 4.74 Å². The number of nitrogens with one attached hydrogen (secondary N) is 1. The molecule has 0 aromatic heterocycles. The van der Waals surface area contributed by atoms with Gasteiger partial charge in [0.1, 0.15) is 0 Å². The third-order valence-corrected chi connectivity index (χ3v) is 4.12. The van der Waals surface area contributed by atoms with Crippen molar-refractivity contribution in [2.45, 2.75) is 58.1 Å². The van der Waals surface area contributed by atoms with Crippen molar-refractivity contribution in [3.8, 4) is 0 Å². The summed E-state index contributed by atoms with van der Waals surface area (Å²) in [5.74, 6) is 0. The Balaban J connectivity index is 2.18. The van der Waals surface area contributed by atoms with Crippen LogP contribution in [-0.4, -0.2) is 18.8 Å². The van der Waals surface area contributed by atoms with Gasteiger partial charge in [-0.15, -0.1) is 0 Å². The number of aryl methyl sites for hydroxylation is 1. The molecule has 106 valence electrons. The van der Waals surface area contributed by atoms with Crippen LogP contribution in [0.3, 0.4) is 0 Å². The van der Waals surface area contributed by atoms with E-state index < -0.39 is 0 Å². The van der Waals surface area contributed by atoms with Crippen LogP contribution in [0.1, 0.15) is 57.2 Å². The molecular weight excluding hydrogens is 234 g/mol. The molecule has 1 saturated heterocycles. The molecule has 2 heteroatoms. The number of likely N-dealkylation sites (N-methyl/N-ethyl adjacent to an activating group) is 1. The van der Waals surface area contributed by atoms with Gasteiger partial charge in [-0.1, -0.05) is 44.5 Å². The maximum absolute atomic E-state index is 6.02. The van der Waals surface area contributed by atoms with Crippen LogP contribution in [0.5, 0.6) is 0 Å². The van der Waals surface area contributed by atoms with E-state index in [2.05, 4.69) is 50.4 Å². The van der Waals surface area contributed by atoms with Gasteiger partial charge in [0.05, 0.1) is 11.6 Å². The van der Waals surface area contributed by atoms with E-state index in [1.807, 2.05) is 0 Å². The summed E-state index contributed by atoms with van der Waals surface area (Å²) >= 11 is 0. The van der Waals surface area contributed by atoms with Crippen LogP contribution in [0.25, 0.3) is 0 Å². The molecule has 1 aliphatic rings. The summed E-state index contributed by atoms with van der Waals surface area (Å²) in [6.45, 7) is 8.50. The topological polar surface area (TPSA) is 21.3 Å². The molecule has 1 fully saturated rings. The van der Waals surface area contributed by atoms with Crippen molar-refractivity contribution < 1.29 is 4.74 Å². The van der Waals surface area contributed by atoms with Gasteiger partial charge in [-0.25, -0.2) is 0 Å². The van der Waals surface area contributed by atoms with Crippen LogP contribution in [0.2, 0.25) is 0 Å². The fourth-order valence-electron chi connectivity index (χ4n) is 3.08. The molecule has 1 aromatic rings. The highest BCUT2D eigenvalue weighted by Gasteiger charge is 2.38. The molecule has 0 radical (unpaired) electrons. The molecule has 0 bridgehead atoms. The van der Waals surface area contributed by atoms with E-state index in [9.17, 15) is 0 Å². The van der Waals surface area contributed by atoms with E-state index in [1.54, 1.807) is 0 Å². The van der Waals surface area contributed by atoms with Crippen molar-refractivity contribution >= 4 is 0 Å². The SMILES string of the molecule is CCCc1ccc(C(NCC)C2(C)CCCO2)cc1. The minimum absolute atomic E-state index is 0.0533. The van der Waals surface area contributed by atoms with Crippen LogP contribution in [0.15, 0.2) is 24.3 Å². The fourth-order valence-corrected chi connectivity index (χ4v) is 3.08. The Bertz CT molecular complexity index is 379. The second-order valence-electron chi connectivity index (χ2n) is 5.75. The summed E-state index contributed by atoms with van der Waals surface area (Å²) in [6, 6.07) is 9.37. The number of hydrogen-bond donors (Lipinski definition) is 1. The van der Waals surface area contributed by atoms with Gasteiger partial charge in [0.2, 0.25) is 0 Å². The molecule has 2 rings (SSSR count). The molecule has 2 nitrogen and oxygen atoms in total. The van der Waals surface area contributed by atoms with Crippen LogP contribution >= 0.6 is 0 Å². The smallest absolute Gasteiger partial charge is 0.0849 e. The summed E-state index contributed by atoms with van der Waals surface area (Å²) in [6.07, 6.45) is 4.68. The van der Waals surface area contributed by atoms with Gasteiger partial charge in [-0.05, 0) is 43.9 Å². The molecule has 1 aliphatic heterocycles. The second kappa shape index (κ2) is 6.53. The predicted octanol–water partition coefficient (Wildman–Crippen LogP) is 3.86. The van der Waals surface area contributed by atoms with Crippen molar-refractivity contribution in [2.24, 2.45) is 0 Å². The standard InChI is InChI=1S/C17H27NO/c1-4-7-14-8-10-15(11-9-14)16(18-5-2)17(3)12-6-13-19-17/h8-11,16,18H,4-7,12-13H2,1-3H3. The van der Waals surface area contributed by atoms with Crippen LogP contribution in [0.4, 0.5) is 0 Å². The Morgan fingerprint density at radius 2 is 2.00 bits per heavy atom. The lowest BCUT2D eigenvalue weighted by Crippen LogP contribution is -2.41. The molecule has 1 aromatic carbocycles. The van der Waals surface area contributed by atoms with Gasteiger partial charge in [-0.2, -0.15) is 0 Å². The first-order valence-corrected chi connectivity index (χ1v) is 7.66. The minimum atomic E-state index is -0.0533. The van der Waals surface area contributed by atoms with Crippen molar-refractivity contribution in [1.29, 1.82) is 0 Å². The summed E-state index contributed by atoms with van der Waals surface area (Å²) in [5.41, 5.74) is 2.73. The van der Waals surface area contributed by atoms with E-state index in [1.165, 1.54) is 30.4 Å². The molecule has 1 heterocycles. The molecule has 0 aliphatic carbocycles. The van der Waals surface area contributed by atoms with Crippen LogP contribution < -0.4 is 5.32 Å². The summed E-state index contributed by atoms with van der Waals surface area (Å²) in [5, 5.41) is 3.61. The zero-order valence-electron chi connectivity index (χ0n) is 12.5. The number of rotatable bonds is 6. The van der Waals surface area contributed by atoms with Crippen LogP contribution in [0, 0.1) is 0 Å². The fraction of sp³-hybridized carbons (Fsp3) is 0.647. The van der Waals surface area contributed by atoms with Crippen molar-refractivity contribution in [1.82, 2.24) is 5.32 Å². The average molecular weight is 261 g/mol. The lowest BCUT2D eigenvalue weighted by molar-refractivity contribution is -0.0121. The Hall–Kier alpha value is -0.860. The van der Waals surface area contributed by atoms with Crippen molar-refractivity contribution in [2.75, 3.05) is 13.2 Å². The van der Waals surface area contributed by atoms with Gasteiger partial charge in [0.15, 0.2) is 0 Å². The Morgan fingerprint density at radius 1 is 1.26 bits per heavy atom. The Morgan fingerprint density at radius 3 is 2.53 bits per heavy atom. The normalized spacial score (nSPS) is 24.6. The van der Waals surface area contributed by atoms with E-state index in [-0.39, 0.29) is 5.60 Å². The Labute approximate surface area is 117 Å². The maximum Gasteiger partial charge on any atom is 0.0849 e. The monoisotopic (exact) mass is 261 g/mol. The zero-order chi connectivity index (χ0) is 13.7. The Kier molecular flexibility index (Phi) is 5.00. The summed E-state index contributed by atoms with van der Waals surface area (Å²) < 4.78 is 6.02.